The van der Waals surface area contributed by atoms with Gasteiger partial charge in [-0.15, -0.1) is 0 Å². The largest absolute Gasteiger partial charge is 0.496 e. The monoisotopic (exact) mass is 274 g/mol. The van der Waals surface area contributed by atoms with Crippen molar-refractivity contribution in [3.05, 3.63) is 30.5 Å². The van der Waals surface area contributed by atoms with Crippen molar-refractivity contribution in [1.82, 2.24) is 10.3 Å². The van der Waals surface area contributed by atoms with Gasteiger partial charge in [-0.05, 0) is 31.2 Å². The lowest BCUT2D eigenvalue weighted by Gasteiger charge is -2.11. The van der Waals surface area contributed by atoms with Crippen LogP contribution < -0.4 is 14.8 Å². The predicted molar refractivity (Wildman–Crippen MR) is 81.5 cm³/mol. The summed E-state index contributed by atoms with van der Waals surface area (Å²) in [4.78, 5) is 4.32. The summed E-state index contributed by atoms with van der Waals surface area (Å²) in [7, 11) is 1.67. The third kappa shape index (κ3) is 3.61. The number of aromatic nitrogens is 1. The first kappa shape index (κ1) is 14.6. The van der Waals surface area contributed by atoms with Gasteiger partial charge in [-0.25, -0.2) is 4.98 Å². The van der Waals surface area contributed by atoms with Gasteiger partial charge in [-0.1, -0.05) is 19.9 Å². The molecule has 0 bridgehead atoms. The van der Waals surface area contributed by atoms with Gasteiger partial charge in [0.25, 0.3) is 0 Å². The molecule has 2 aromatic rings. The molecular formula is C16H22N2O2. The quantitative estimate of drug-likeness (QED) is 0.788. The molecule has 0 aliphatic rings. The molecule has 108 valence electrons. The standard InChI is InChI=1S/C16H22N2O2/c1-12(2)17-9-5-11-20-16-14-6-4-7-15(19-3)13(14)8-10-18-16/h4,6-8,10,12,17H,5,9,11H2,1-3H3. The Morgan fingerprint density at radius 3 is 2.80 bits per heavy atom. The van der Waals surface area contributed by atoms with Crippen molar-refractivity contribution in [3.8, 4) is 11.6 Å². The van der Waals surface area contributed by atoms with Gasteiger partial charge in [-0.2, -0.15) is 0 Å². The first-order valence-corrected chi connectivity index (χ1v) is 7.00. The van der Waals surface area contributed by atoms with Crippen LogP contribution in [0.4, 0.5) is 0 Å². The summed E-state index contributed by atoms with van der Waals surface area (Å²) >= 11 is 0. The maximum atomic E-state index is 5.79. The lowest BCUT2D eigenvalue weighted by molar-refractivity contribution is 0.299. The van der Waals surface area contributed by atoms with Gasteiger partial charge in [0, 0.05) is 23.0 Å². The summed E-state index contributed by atoms with van der Waals surface area (Å²) in [6.45, 7) is 5.88. The molecule has 0 saturated carbocycles. The Morgan fingerprint density at radius 2 is 2.05 bits per heavy atom. The van der Waals surface area contributed by atoms with Gasteiger partial charge in [-0.3, -0.25) is 0 Å². The zero-order chi connectivity index (χ0) is 14.4. The molecule has 0 spiro atoms. The highest BCUT2D eigenvalue weighted by Crippen LogP contribution is 2.30. The molecule has 20 heavy (non-hydrogen) atoms. The number of nitrogens with zero attached hydrogens (tertiary/aromatic N) is 1. The Balaban J connectivity index is 2.03. The summed E-state index contributed by atoms with van der Waals surface area (Å²) in [5, 5.41) is 5.38. The molecular weight excluding hydrogens is 252 g/mol. The molecule has 0 radical (unpaired) electrons. The number of hydrogen-bond acceptors (Lipinski definition) is 4. The zero-order valence-corrected chi connectivity index (χ0v) is 12.3. The molecule has 4 heteroatoms. The number of benzene rings is 1. The SMILES string of the molecule is COc1cccc2c(OCCCNC(C)C)nccc12. The Morgan fingerprint density at radius 1 is 1.20 bits per heavy atom. The van der Waals surface area contributed by atoms with Crippen LogP contribution in [-0.4, -0.2) is 31.3 Å². The van der Waals surface area contributed by atoms with E-state index >= 15 is 0 Å². The van der Waals surface area contributed by atoms with Gasteiger partial charge >= 0.3 is 0 Å². The lowest BCUT2D eigenvalue weighted by atomic mass is 10.1. The van der Waals surface area contributed by atoms with E-state index in [0.717, 1.165) is 29.5 Å². The summed E-state index contributed by atoms with van der Waals surface area (Å²) in [6.07, 6.45) is 2.72. The maximum Gasteiger partial charge on any atom is 0.221 e. The average molecular weight is 274 g/mol. The van der Waals surface area contributed by atoms with Crippen LogP contribution in [0.15, 0.2) is 30.5 Å². The molecule has 0 fully saturated rings. The number of fused-ring (bicyclic) bond motifs is 1. The zero-order valence-electron chi connectivity index (χ0n) is 12.3. The average Bonchev–Trinajstić information content (AvgIpc) is 2.46. The fraction of sp³-hybridized carbons (Fsp3) is 0.438. The highest BCUT2D eigenvalue weighted by atomic mass is 16.5. The van der Waals surface area contributed by atoms with Gasteiger partial charge in [0.2, 0.25) is 5.88 Å². The van der Waals surface area contributed by atoms with E-state index in [1.807, 2.05) is 24.3 Å². The molecule has 0 amide bonds. The van der Waals surface area contributed by atoms with Crippen molar-refractivity contribution in [3.63, 3.8) is 0 Å². The van der Waals surface area contributed by atoms with Gasteiger partial charge in [0.15, 0.2) is 0 Å². The van der Waals surface area contributed by atoms with Gasteiger partial charge in [0.05, 0.1) is 13.7 Å². The molecule has 0 atom stereocenters. The second-order valence-electron chi connectivity index (χ2n) is 4.98. The highest BCUT2D eigenvalue weighted by Gasteiger charge is 2.07. The third-order valence-corrected chi connectivity index (χ3v) is 3.06. The molecule has 0 aliphatic carbocycles. The fourth-order valence-corrected chi connectivity index (χ4v) is 2.08. The third-order valence-electron chi connectivity index (χ3n) is 3.06. The number of rotatable bonds is 7. The van der Waals surface area contributed by atoms with E-state index in [9.17, 15) is 0 Å². The topological polar surface area (TPSA) is 43.4 Å². The summed E-state index contributed by atoms with van der Waals surface area (Å²) < 4.78 is 11.2. The molecule has 1 heterocycles. The van der Waals surface area contributed by atoms with Crippen molar-refractivity contribution < 1.29 is 9.47 Å². The first-order chi connectivity index (χ1) is 9.72. The number of methoxy groups -OCH3 is 1. The van der Waals surface area contributed by atoms with Crippen LogP contribution in [0.3, 0.4) is 0 Å². The molecule has 1 aromatic carbocycles. The Labute approximate surface area is 120 Å². The van der Waals surface area contributed by atoms with Crippen LogP contribution in [0, 0.1) is 0 Å². The van der Waals surface area contributed by atoms with Crippen molar-refractivity contribution in [2.24, 2.45) is 0 Å². The lowest BCUT2D eigenvalue weighted by Crippen LogP contribution is -2.24. The first-order valence-electron chi connectivity index (χ1n) is 7.00. The molecule has 4 nitrogen and oxygen atoms in total. The number of ether oxygens (including phenoxy) is 2. The minimum absolute atomic E-state index is 0.509. The van der Waals surface area contributed by atoms with Gasteiger partial charge < -0.3 is 14.8 Å². The van der Waals surface area contributed by atoms with Crippen LogP contribution in [0.25, 0.3) is 10.8 Å². The summed E-state index contributed by atoms with van der Waals surface area (Å²) in [5.74, 6) is 1.52. The maximum absolute atomic E-state index is 5.79. The van der Waals surface area contributed by atoms with E-state index in [2.05, 4.69) is 24.1 Å². The van der Waals surface area contributed by atoms with E-state index in [1.165, 1.54) is 0 Å². The van der Waals surface area contributed by atoms with E-state index in [4.69, 9.17) is 9.47 Å². The second-order valence-corrected chi connectivity index (χ2v) is 4.98. The van der Waals surface area contributed by atoms with Crippen LogP contribution in [0.2, 0.25) is 0 Å². The van der Waals surface area contributed by atoms with Crippen molar-refractivity contribution >= 4 is 10.8 Å². The molecule has 1 N–H and O–H groups in total. The van der Waals surface area contributed by atoms with E-state index in [1.54, 1.807) is 13.3 Å². The van der Waals surface area contributed by atoms with E-state index < -0.39 is 0 Å². The van der Waals surface area contributed by atoms with Crippen LogP contribution in [0.5, 0.6) is 11.6 Å². The summed E-state index contributed by atoms with van der Waals surface area (Å²) in [5.41, 5.74) is 0. The van der Waals surface area contributed by atoms with Crippen LogP contribution in [-0.2, 0) is 0 Å². The Kier molecular flexibility index (Phi) is 5.18. The minimum atomic E-state index is 0.509. The van der Waals surface area contributed by atoms with Crippen molar-refractivity contribution in [1.29, 1.82) is 0 Å². The Bertz CT molecular complexity index is 555. The minimum Gasteiger partial charge on any atom is -0.496 e. The molecule has 0 saturated heterocycles. The smallest absolute Gasteiger partial charge is 0.221 e. The van der Waals surface area contributed by atoms with Crippen LogP contribution >= 0.6 is 0 Å². The molecule has 0 aliphatic heterocycles. The summed E-state index contributed by atoms with van der Waals surface area (Å²) in [6, 6.07) is 8.36. The fourth-order valence-electron chi connectivity index (χ4n) is 2.08. The van der Waals surface area contributed by atoms with Crippen molar-refractivity contribution in [2.45, 2.75) is 26.3 Å². The van der Waals surface area contributed by atoms with E-state index in [0.29, 0.717) is 18.5 Å². The number of nitrogens with one attached hydrogen (secondary N) is 1. The second kappa shape index (κ2) is 7.10. The van der Waals surface area contributed by atoms with Crippen molar-refractivity contribution in [2.75, 3.05) is 20.3 Å². The Hall–Kier alpha value is -1.81. The number of hydrogen-bond donors (Lipinski definition) is 1. The molecule has 0 unspecified atom stereocenters. The van der Waals surface area contributed by atoms with Gasteiger partial charge in [0.1, 0.15) is 5.75 Å². The van der Waals surface area contributed by atoms with Crippen LogP contribution in [0.1, 0.15) is 20.3 Å². The normalized spacial score (nSPS) is 11.0. The predicted octanol–water partition coefficient (Wildman–Crippen LogP) is 3.01. The number of pyridine rings is 1. The molecule has 2 rings (SSSR count). The molecule has 1 aromatic heterocycles. The van der Waals surface area contributed by atoms with E-state index in [-0.39, 0.29) is 0 Å². The highest BCUT2D eigenvalue weighted by molar-refractivity contribution is 5.91.